The molecule has 1 amide bonds. The largest absolute Gasteiger partial charge is 0.378 e. The minimum Gasteiger partial charge on any atom is -0.378 e. The van der Waals surface area contributed by atoms with Crippen molar-refractivity contribution in [2.45, 2.75) is 51.0 Å². The number of nitrogens with one attached hydrogen (secondary N) is 2. The number of unbranched alkanes of at least 4 members (excludes halogenated alkanes) is 1. The summed E-state index contributed by atoms with van der Waals surface area (Å²) in [6.45, 7) is 3.88. The number of halogens is 1. The third-order valence-electron chi connectivity index (χ3n) is 7.44. The molecule has 2 aromatic rings. The lowest BCUT2D eigenvalue weighted by Crippen LogP contribution is -2.40. The minimum absolute atomic E-state index is 0.0563. The maximum absolute atomic E-state index is 14.5. The number of likely N-dealkylation sites (tertiary alicyclic amines) is 1. The van der Waals surface area contributed by atoms with Gasteiger partial charge in [-0.15, -0.1) is 0 Å². The van der Waals surface area contributed by atoms with Crippen LogP contribution in [0.4, 0.5) is 27.7 Å². The number of allylic oxidation sites excluding steroid dienone is 1. The number of aromatic nitrogens is 3. The molecule has 1 unspecified atom stereocenters. The summed E-state index contributed by atoms with van der Waals surface area (Å²) in [4.78, 5) is 29.8. The molecule has 2 aromatic heterocycles. The first-order valence-corrected chi connectivity index (χ1v) is 13.8. The first kappa shape index (κ1) is 26.8. The van der Waals surface area contributed by atoms with Crippen LogP contribution in [0.3, 0.4) is 0 Å². The Bertz CT molecular complexity index is 1210. The number of anilines is 4. The van der Waals surface area contributed by atoms with Gasteiger partial charge in [0.1, 0.15) is 17.5 Å². The topological polar surface area (TPSA) is 119 Å². The summed E-state index contributed by atoms with van der Waals surface area (Å²) >= 11 is 0. The minimum atomic E-state index is -0.578. The van der Waals surface area contributed by atoms with E-state index in [4.69, 9.17) is 4.74 Å². The van der Waals surface area contributed by atoms with Gasteiger partial charge < -0.3 is 25.2 Å². The van der Waals surface area contributed by atoms with Gasteiger partial charge in [-0.2, -0.15) is 10.2 Å². The molecular weight excluding hydrogens is 499 g/mol. The first-order valence-electron chi connectivity index (χ1n) is 13.8. The molecule has 0 radical (unpaired) electrons. The lowest BCUT2D eigenvalue weighted by atomic mass is 10.1. The van der Waals surface area contributed by atoms with Crippen molar-refractivity contribution < 1.29 is 13.9 Å². The zero-order valence-electron chi connectivity index (χ0n) is 22.1. The Labute approximate surface area is 228 Å². The van der Waals surface area contributed by atoms with Crippen molar-refractivity contribution in [3.63, 3.8) is 0 Å². The molecule has 3 fully saturated rings. The first-order chi connectivity index (χ1) is 19.1. The molecule has 2 saturated heterocycles. The van der Waals surface area contributed by atoms with Gasteiger partial charge in [-0.3, -0.25) is 4.79 Å². The van der Waals surface area contributed by atoms with E-state index in [-0.39, 0.29) is 29.3 Å². The van der Waals surface area contributed by atoms with Gasteiger partial charge in [-0.05, 0) is 43.7 Å². The molecule has 5 rings (SSSR count). The number of pyridine rings is 1. The molecule has 0 aromatic carbocycles. The van der Waals surface area contributed by atoms with E-state index in [0.717, 1.165) is 63.1 Å². The average molecular weight is 535 g/mol. The summed E-state index contributed by atoms with van der Waals surface area (Å²) in [6.07, 6.45) is 11.7. The number of carbonyl (C=O) groups excluding carboxylic acids is 1. The van der Waals surface area contributed by atoms with Gasteiger partial charge in [0.25, 0.3) is 5.91 Å². The third-order valence-corrected chi connectivity index (χ3v) is 7.44. The number of hydrogen-bond donors (Lipinski definition) is 2. The highest BCUT2D eigenvalue weighted by Gasteiger charge is 2.31. The van der Waals surface area contributed by atoms with Crippen LogP contribution in [0.15, 0.2) is 36.2 Å². The zero-order valence-corrected chi connectivity index (χ0v) is 22.1. The number of carbonyl (C=O) groups is 1. The van der Waals surface area contributed by atoms with Crippen molar-refractivity contribution in [3.05, 3.63) is 42.0 Å². The van der Waals surface area contributed by atoms with Crippen LogP contribution in [0.2, 0.25) is 0 Å². The molecule has 2 aliphatic heterocycles. The summed E-state index contributed by atoms with van der Waals surface area (Å²) in [5, 5.41) is 15.7. The van der Waals surface area contributed by atoms with Gasteiger partial charge in [0.2, 0.25) is 5.95 Å². The molecule has 206 valence electrons. The quantitative estimate of drug-likeness (QED) is 0.250. The van der Waals surface area contributed by atoms with Crippen molar-refractivity contribution in [2.24, 2.45) is 5.92 Å². The second-order valence-corrected chi connectivity index (χ2v) is 10.3. The molecule has 0 spiro atoms. The third kappa shape index (κ3) is 7.20. The second kappa shape index (κ2) is 12.8. The standard InChI is InChI=1S/C28H35FN8O2/c29-24-19-33-28(34-22-9-10-25(31-17-22)36-12-14-39-15-13-36)35-26(24)32-18-23-6-3-11-37(23)27(38)21(16-30)5-2-1-4-20-7-8-20/h5,9-10,17,19-20,23H,1-4,6-8,11-15,18H2,(H2,32,33,34,35). The van der Waals surface area contributed by atoms with Crippen LogP contribution >= 0.6 is 0 Å². The van der Waals surface area contributed by atoms with Gasteiger partial charge in [-0.1, -0.05) is 25.3 Å². The molecule has 3 aliphatic rings. The molecule has 1 saturated carbocycles. The van der Waals surface area contributed by atoms with Crippen molar-refractivity contribution in [3.8, 4) is 6.07 Å². The van der Waals surface area contributed by atoms with E-state index >= 15 is 0 Å². The van der Waals surface area contributed by atoms with Crippen LogP contribution in [-0.2, 0) is 9.53 Å². The van der Waals surface area contributed by atoms with Crippen molar-refractivity contribution in [2.75, 3.05) is 54.9 Å². The fourth-order valence-electron chi connectivity index (χ4n) is 5.04. The van der Waals surface area contributed by atoms with E-state index in [9.17, 15) is 14.4 Å². The Morgan fingerprint density at radius 1 is 1.18 bits per heavy atom. The van der Waals surface area contributed by atoms with Crippen molar-refractivity contribution in [1.29, 1.82) is 5.26 Å². The van der Waals surface area contributed by atoms with Gasteiger partial charge in [0.05, 0.1) is 31.3 Å². The van der Waals surface area contributed by atoms with Crippen molar-refractivity contribution in [1.82, 2.24) is 19.9 Å². The maximum atomic E-state index is 14.5. The van der Waals surface area contributed by atoms with E-state index < -0.39 is 5.82 Å². The molecular formula is C28H35FN8O2. The molecule has 11 heteroatoms. The number of rotatable bonds is 11. The van der Waals surface area contributed by atoms with E-state index in [1.54, 1.807) is 17.2 Å². The molecule has 39 heavy (non-hydrogen) atoms. The Balaban J connectivity index is 1.16. The van der Waals surface area contributed by atoms with E-state index in [1.165, 1.54) is 12.8 Å². The SMILES string of the molecule is N#CC(=CCCCC1CC1)C(=O)N1CCCC1CNc1nc(Nc2ccc(N3CCOCC3)nc2)ncc1F. The number of nitrogens with zero attached hydrogens (tertiary/aromatic N) is 6. The van der Waals surface area contributed by atoms with Crippen molar-refractivity contribution >= 4 is 29.2 Å². The number of nitriles is 1. The molecule has 2 N–H and O–H groups in total. The van der Waals surface area contributed by atoms with Crippen LogP contribution in [0.1, 0.15) is 44.9 Å². The molecule has 0 bridgehead atoms. The monoisotopic (exact) mass is 534 g/mol. The molecule has 10 nitrogen and oxygen atoms in total. The van der Waals surface area contributed by atoms with Gasteiger partial charge in [-0.25, -0.2) is 14.4 Å². The fourth-order valence-corrected chi connectivity index (χ4v) is 5.04. The summed E-state index contributed by atoms with van der Waals surface area (Å²) < 4.78 is 19.9. The van der Waals surface area contributed by atoms with Crippen LogP contribution in [0.5, 0.6) is 0 Å². The van der Waals surface area contributed by atoms with Gasteiger partial charge in [0, 0.05) is 32.2 Å². The number of ether oxygens (including phenoxy) is 1. The summed E-state index contributed by atoms with van der Waals surface area (Å²) in [5.74, 6) is 1.18. The lowest BCUT2D eigenvalue weighted by Gasteiger charge is -2.27. The highest BCUT2D eigenvalue weighted by Crippen LogP contribution is 2.34. The predicted octanol–water partition coefficient (Wildman–Crippen LogP) is 4.02. The average Bonchev–Trinajstić information content (AvgIpc) is 3.68. The van der Waals surface area contributed by atoms with Gasteiger partial charge >= 0.3 is 0 Å². The lowest BCUT2D eigenvalue weighted by molar-refractivity contribution is -0.127. The van der Waals surface area contributed by atoms with Crippen LogP contribution in [0, 0.1) is 23.1 Å². The van der Waals surface area contributed by atoms with E-state index in [1.807, 2.05) is 12.1 Å². The molecule has 4 heterocycles. The number of amides is 1. The number of hydrogen-bond acceptors (Lipinski definition) is 9. The van der Waals surface area contributed by atoms with Gasteiger partial charge in [0.15, 0.2) is 11.6 Å². The van der Waals surface area contributed by atoms with Crippen LogP contribution in [-0.4, -0.2) is 71.2 Å². The van der Waals surface area contributed by atoms with Crippen LogP contribution in [0.25, 0.3) is 0 Å². The number of morpholine rings is 1. The fraction of sp³-hybridized carbons (Fsp3) is 0.536. The Kier molecular flexibility index (Phi) is 8.83. The zero-order chi connectivity index (χ0) is 27.0. The highest BCUT2D eigenvalue weighted by molar-refractivity contribution is 5.97. The normalized spacial score (nSPS) is 19.6. The summed E-state index contributed by atoms with van der Waals surface area (Å²) in [7, 11) is 0. The summed E-state index contributed by atoms with van der Waals surface area (Å²) in [6, 6.07) is 5.73. The van der Waals surface area contributed by atoms with E-state index in [2.05, 4.69) is 36.6 Å². The van der Waals surface area contributed by atoms with E-state index in [0.29, 0.717) is 32.0 Å². The summed E-state index contributed by atoms with van der Waals surface area (Å²) in [5.41, 5.74) is 0.885. The Morgan fingerprint density at radius 3 is 2.77 bits per heavy atom. The van der Waals surface area contributed by atoms with Crippen LogP contribution < -0.4 is 15.5 Å². The highest BCUT2D eigenvalue weighted by atomic mass is 19.1. The second-order valence-electron chi connectivity index (χ2n) is 10.3. The maximum Gasteiger partial charge on any atom is 0.264 e. The smallest absolute Gasteiger partial charge is 0.264 e. The molecule has 1 aliphatic carbocycles. The Morgan fingerprint density at radius 2 is 2.03 bits per heavy atom. The Hall–Kier alpha value is -3.78. The predicted molar refractivity (Wildman–Crippen MR) is 146 cm³/mol. The molecule has 1 atom stereocenters.